The number of anilines is 2. The summed E-state index contributed by atoms with van der Waals surface area (Å²) in [5, 5.41) is 7.59. The van der Waals surface area contributed by atoms with Gasteiger partial charge < -0.3 is 5.32 Å². The number of hydrogen-bond donors (Lipinski definition) is 1. The lowest BCUT2D eigenvalue weighted by Crippen LogP contribution is -2.18. The monoisotopic (exact) mass is 398 g/mol. The molecule has 0 unspecified atom stereocenters. The van der Waals surface area contributed by atoms with E-state index in [1.54, 1.807) is 6.20 Å². The van der Waals surface area contributed by atoms with Gasteiger partial charge in [0.25, 0.3) is 10.0 Å². The van der Waals surface area contributed by atoms with Crippen LogP contribution in [0, 0.1) is 5.92 Å². The van der Waals surface area contributed by atoms with Crippen LogP contribution in [0.15, 0.2) is 36.8 Å². The summed E-state index contributed by atoms with van der Waals surface area (Å²) in [5.41, 5.74) is 0.569. The quantitative estimate of drug-likeness (QED) is 0.680. The summed E-state index contributed by atoms with van der Waals surface area (Å²) in [4.78, 5) is 8.51. The maximum Gasteiger partial charge on any atom is 0.254 e. The Kier molecular flexibility index (Phi) is 5.02. The predicted molar refractivity (Wildman–Crippen MR) is 97.8 cm³/mol. The minimum Gasteiger partial charge on any atom is -0.315 e. The van der Waals surface area contributed by atoms with E-state index in [0.717, 1.165) is 16.9 Å². The zero-order valence-electron chi connectivity index (χ0n) is 12.9. The van der Waals surface area contributed by atoms with Crippen LogP contribution in [0.2, 0.25) is 0 Å². The molecule has 0 spiro atoms. The molecule has 0 amide bonds. The van der Waals surface area contributed by atoms with Gasteiger partial charge in [-0.25, -0.2) is 13.4 Å². The third kappa shape index (κ3) is 4.14. The summed E-state index contributed by atoms with van der Waals surface area (Å²) in [6, 6.07) is 5.52. The minimum absolute atomic E-state index is 0. The van der Waals surface area contributed by atoms with E-state index in [4.69, 9.17) is 0 Å². The van der Waals surface area contributed by atoms with Crippen LogP contribution in [0.1, 0.15) is 12.8 Å². The molecule has 11 heteroatoms. The highest BCUT2D eigenvalue weighted by Gasteiger charge is 2.29. The molecule has 8 nitrogen and oxygen atoms in total. The third-order valence-electron chi connectivity index (χ3n) is 3.57. The predicted octanol–water partition coefficient (Wildman–Crippen LogP) is 2.55. The molecule has 25 heavy (non-hydrogen) atoms. The summed E-state index contributed by atoms with van der Waals surface area (Å²) >= 11 is 1.18. The van der Waals surface area contributed by atoms with Gasteiger partial charge in [-0.1, -0.05) is 6.07 Å². The Morgan fingerprint density at radius 3 is 2.88 bits per heavy atom. The van der Waals surface area contributed by atoms with Crippen molar-refractivity contribution in [2.24, 2.45) is 5.92 Å². The fraction of sp³-hybridized carbons (Fsp3) is 0.286. The smallest absolute Gasteiger partial charge is 0.254 e. The molecule has 132 valence electrons. The topological polar surface area (TPSA) is 103 Å². The average molecular weight is 399 g/mol. The average Bonchev–Trinajstić information content (AvgIpc) is 3.04. The Labute approximate surface area is 155 Å². The lowest BCUT2D eigenvalue weighted by molar-refractivity contribution is 0.576. The number of pyridine rings is 1. The molecule has 0 radical (unpaired) electrons. The molecule has 1 fully saturated rings. The number of halogens is 1. The Morgan fingerprint density at radius 1 is 1.32 bits per heavy atom. The fourth-order valence-electron chi connectivity index (χ4n) is 2.17. The zero-order valence-corrected chi connectivity index (χ0v) is 15.4. The first kappa shape index (κ1) is 17.8. The van der Waals surface area contributed by atoms with Crippen LogP contribution in [-0.2, 0) is 10.0 Å². The van der Waals surface area contributed by atoms with Crippen LogP contribution in [0.3, 0.4) is 0 Å². The van der Waals surface area contributed by atoms with E-state index in [9.17, 15) is 8.42 Å². The Bertz CT molecular complexity index is 953. The van der Waals surface area contributed by atoms with Crippen molar-refractivity contribution in [1.29, 1.82) is 0 Å². The van der Waals surface area contributed by atoms with Gasteiger partial charge in [-0.3, -0.25) is 0 Å². The van der Waals surface area contributed by atoms with Gasteiger partial charge in [0.1, 0.15) is 5.82 Å². The number of rotatable bonds is 6. The number of hydrogen-bond acceptors (Lipinski definition) is 8. The Hall–Kier alpha value is -2.04. The van der Waals surface area contributed by atoms with Crippen molar-refractivity contribution in [1.82, 2.24) is 23.5 Å². The van der Waals surface area contributed by atoms with Crippen molar-refractivity contribution >= 4 is 44.9 Å². The molecule has 0 aliphatic heterocycles. The van der Waals surface area contributed by atoms with E-state index < -0.39 is 10.0 Å². The van der Waals surface area contributed by atoms with Crippen molar-refractivity contribution in [3.8, 4) is 11.4 Å². The van der Waals surface area contributed by atoms with Gasteiger partial charge in [-0.05, 0) is 30.9 Å². The molecule has 4 rings (SSSR count). The molecule has 1 N–H and O–H groups in total. The van der Waals surface area contributed by atoms with Crippen molar-refractivity contribution < 1.29 is 8.42 Å². The van der Waals surface area contributed by atoms with Crippen molar-refractivity contribution in [3.05, 3.63) is 36.8 Å². The van der Waals surface area contributed by atoms with Crippen LogP contribution in [0.5, 0.6) is 0 Å². The van der Waals surface area contributed by atoms with Crippen LogP contribution >= 0.6 is 23.9 Å². The van der Waals surface area contributed by atoms with Gasteiger partial charge in [0.2, 0.25) is 5.13 Å². The van der Waals surface area contributed by atoms with Gasteiger partial charge in [0.15, 0.2) is 5.82 Å². The highest BCUT2D eigenvalue weighted by molar-refractivity contribution is 7.89. The van der Waals surface area contributed by atoms with E-state index in [1.165, 1.54) is 23.9 Å². The molecule has 0 saturated heterocycles. The minimum atomic E-state index is -3.40. The molecule has 0 atom stereocenters. The Balaban J connectivity index is 0.00000182. The molecular formula is C14H15ClN6O2S2. The second-order valence-electron chi connectivity index (χ2n) is 5.59. The molecule has 1 aliphatic carbocycles. The van der Waals surface area contributed by atoms with E-state index >= 15 is 0 Å². The van der Waals surface area contributed by atoms with Crippen LogP contribution in [0.4, 0.5) is 10.9 Å². The number of aromatic nitrogens is 5. The summed E-state index contributed by atoms with van der Waals surface area (Å²) in [5.74, 6) is 1.52. The van der Waals surface area contributed by atoms with Crippen molar-refractivity contribution in [2.45, 2.75) is 12.8 Å². The zero-order chi connectivity index (χ0) is 16.6. The summed E-state index contributed by atoms with van der Waals surface area (Å²) in [6.45, 7) is 0. The molecule has 1 saturated carbocycles. The molecule has 0 aromatic carbocycles. The molecule has 3 heterocycles. The number of nitrogens with one attached hydrogen (secondary N) is 1. The van der Waals surface area contributed by atoms with Crippen LogP contribution in [-0.4, -0.2) is 37.7 Å². The second kappa shape index (κ2) is 7.06. The first-order valence-electron chi connectivity index (χ1n) is 7.40. The van der Waals surface area contributed by atoms with Crippen molar-refractivity contribution in [3.63, 3.8) is 0 Å². The Morgan fingerprint density at radius 2 is 2.16 bits per heavy atom. The van der Waals surface area contributed by atoms with Crippen LogP contribution < -0.4 is 5.32 Å². The fourth-order valence-corrected chi connectivity index (χ4v) is 4.31. The highest BCUT2D eigenvalue weighted by atomic mass is 35.5. The van der Waals surface area contributed by atoms with Gasteiger partial charge >= 0.3 is 0 Å². The maximum absolute atomic E-state index is 12.2. The normalized spacial score (nSPS) is 14.1. The molecular weight excluding hydrogens is 384 g/mol. The lowest BCUT2D eigenvalue weighted by atomic mass is 10.3. The number of nitrogens with zero attached hydrogens (tertiary/aromatic N) is 5. The SMILES string of the molecule is Cl.O=S(=O)(CC1CC1)n1cc(-c2nsc(Nc3ccccn3)n2)cn1. The maximum atomic E-state index is 12.2. The van der Waals surface area contributed by atoms with Gasteiger partial charge in [-0.2, -0.15) is 18.5 Å². The van der Waals surface area contributed by atoms with E-state index in [-0.39, 0.29) is 24.1 Å². The largest absolute Gasteiger partial charge is 0.315 e. The molecule has 1 aliphatic rings. The summed E-state index contributed by atoms with van der Waals surface area (Å²) < 4.78 is 29.7. The van der Waals surface area contributed by atoms with Crippen LogP contribution in [0.25, 0.3) is 11.4 Å². The van der Waals surface area contributed by atoms with Crippen molar-refractivity contribution in [2.75, 3.05) is 11.1 Å². The third-order valence-corrected chi connectivity index (χ3v) is 5.87. The van der Waals surface area contributed by atoms with Gasteiger partial charge in [0.05, 0.1) is 23.7 Å². The van der Waals surface area contributed by atoms with E-state index in [2.05, 4.69) is 24.8 Å². The molecule has 3 aromatic heterocycles. The summed E-state index contributed by atoms with van der Waals surface area (Å²) in [6.07, 6.45) is 6.56. The highest BCUT2D eigenvalue weighted by Crippen LogP contribution is 2.31. The van der Waals surface area contributed by atoms with Gasteiger partial charge in [0, 0.05) is 17.7 Å². The lowest BCUT2D eigenvalue weighted by Gasteiger charge is -2.01. The first-order chi connectivity index (χ1) is 11.6. The standard InChI is InChI=1S/C14H14N6O2S2.ClH/c21-24(22,9-10-4-5-10)20-8-11(7-16-20)13-18-14(23-19-13)17-12-3-1-2-6-15-12;/h1-3,6-8,10H,4-5,9H2,(H,15,17,18,19);1H. The van der Waals surface area contributed by atoms with E-state index in [1.807, 2.05) is 18.2 Å². The van der Waals surface area contributed by atoms with E-state index in [0.29, 0.717) is 22.3 Å². The molecule has 3 aromatic rings. The first-order valence-corrected chi connectivity index (χ1v) is 9.78. The molecule has 0 bridgehead atoms. The summed E-state index contributed by atoms with van der Waals surface area (Å²) in [7, 11) is -3.40. The van der Waals surface area contributed by atoms with Gasteiger partial charge in [-0.15, -0.1) is 12.4 Å². The second-order valence-corrected chi connectivity index (χ2v) is 8.21.